The molecule has 0 saturated heterocycles. The van der Waals surface area contributed by atoms with Crippen molar-refractivity contribution in [2.45, 2.75) is 33.1 Å². The van der Waals surface area contributed by atoms with Crippen LogP contribution in [0.3, 0.4) is 0 Å². The third-order valence-electron chi connectivity index (χ3n) is 2.53. The van der Waals surface area contributed by atoms with E-state index >= 15 is 0 Å². The van der Waals surface area contributed by atoms with Crippen LogP contribution < -0.4 is 4.74 Å². The first-order valence-corrected chi connectivity index (χ1v) is 4.96. The van der Waals surface area contributed by atoms with Gasteiger partial charge in [-0.15, -0.1) is 0 Å². The van der Waals surface area contributed by atoms with E-state index in [9.17, 15) is 8.78 Å². The van der Waals surface area contributed by atoms with E-state index in [2.05, 4.69) is 0 Å². The minimum absolute atomic E-state index is 0.0702. The summed E-state index contributed by atoms with van der Waals surface area (Å²) in [6.45, 7) is 5.04. The highest BCUT2D eigenvalue weighted by Crippen LogP contribution is 2.35. The van der Waals surface area contributed by atoms with E-state index in [0.717, 1.165) is 11.1 Å². The van der Waals surface area contributed by atoms with Crippen molar-refractivity contribution < 1.29 is 13.5 Å². The molecule has 1 nitrogen and oxygen atoms in total. The quantitative estimate of drug-likeness (QED) is 0.743. The second-order valence-electron chi connectivity index (χ2n) is 3.70. The van der Waals surface area contributed by atoms with Crippen molar-refractivity contribution in [3.8, 4) is 5.75 Å². The van der Waals surface area contributed by atoms with Crippen LogP contribution in [0, 0.1) is 13.8 Å². The molecular formula is C12H16F2O. The van der Waals surface area contributed by atoms with Crippen LogP contribution in [-0.2, 0) is 5.92 Å². The molecule has 0 atom stereocenters. The first kappa shape index (κ1) is 12.0. The van der Waals surface area contributed by atoms with Crippen LogP contribution in [-0.4, -0.2) is 7.11 Å². The highest BCUT2D eigenvalue weighted by molar-refractivity contribution is 5.44. The minimum atomic E-state index is -2.75. The normalized spacial score (nSPS) is 11.6. The molecule has 0 fully saturated rings. The zero-order valence-corrected chi connectivity index (χ0v) is 9.53. The smallest absolute Gasteiger partial charge is 0.273 e. The van der Waals surface area contributed by atoms with E-state index in [1.807, 2.05) is 0 Å². The number of hydrogen-bond donors (Lipinski definition) is 0. The highest BCUT2D eigenvalue weighted by atomic mass is 19.3. The SMILES string of the molecule is CCC(F)(F)c1cc(C)c(OC)c(C)c1. The lowest BCUT2D eigenvalue weighted by molar-refractivity contribution is -0.00843. The Morgan fingerprint density at radius 2 is 1.67 bits per heavy atom. The molecule has 0 radical (unpaired) electrons. The second-order valence-corrected chi connectivity index (χ2v) is 3.70. The van der Waals surface area contributed by atoms with Gasteiger partial charge in [0.15, 0.2) is 0 Å². The minimum Gasteiger partial charge on any atom is -0.496 e. The molecule has 0 aromatic heterocycles. The maximum absolute atomic E-state index is 13.4. The van der Waals surface area contributed by atoms with Crippen molar-refractivity contribution in [1.29, 1.82) is 0 Å². The van der Waals surface area contributed by atoms with Gasteiger partial charge in [-0.05, 0) is 37.1 Å². The van der Waals surface area contributed by atoms with Crippen LogP contribution in [0.25, 0.3) is 0 Å². The predicted octanol–water partition coefficient (Wildman–Crippen LogP) is 3.81. The number of halogens is 2. The molecule has 0 aliphatic rings. The number of aryl methyl sites for hydroxylation is 2. The van der Waals surface area contributed by atoms with Crippen molar-refractivity contribution >= 4 is 0 Å². The fourth-order valence-corrected chi connectivity index (χ4v) is 1.69. The summed E-state index contributed by atoms with van der Waals surface area (Å²) in [6.07, 6.45) is -0.182. The molecule has 0 amide bonds. The maximum atomic E-state index is 13.4. The summed E-state index contributed by atoms with van der Waals surface area (Å²) >= 11 is 0. The lowest BCUT2D eigenvalue weighted by Crippen LogP contribution is -2.12. The molecule has 0 aliphatic carbocycles. The summed E-state index contributed by atoms with van der Waals surface area (Å²) in [5.74, 6) is -2.06. The fraction of sp³-hybridized carbons (Fsp3) is 0.500. The van der Waals surface area contributed by atoms with E-state index in [0.29, 0.717) is 5.75 Å². The Morgan fingerprint density at radius 3 is 2.00 bits per heavy atom. The van der Waals surface area contributed by atoms with E-state index in [-0.39, 0.29) is 12.0 Å². The molecule has 0 bridgehead atoms. The Kier molecular flexibility index (Phi) is 3.32. The molecule has 0 N–H and O–H groups in total. The monoisotopic (exact) mass is 214 g/mol. The third-order valence-corrected chi connectivity index (χ3v) is 2.53. The molecule has 0 saturated carbocycles. The van der Waals surface area contributed by atoms with Crippen LogP contribution in [0.5, 0.6) is 5.75 Å². The molecule has 0 aliphatic heterocycles. The second kappa shape index (κ2) is 4.17. The fourth-order valence-electron chi connectivity index (χ4n) is 1.69. The molecule has 1 rings (SSSR count). The van der Waals surface area contributed by atoms with E-state index in [1.165, 1.54) is 19.1 Å². The topological polar surface area (TPSA) is 9.23 Å². The van der Waals surface area contributed by atoms with E-state index < -0.39 is 5.92 Å². The number of alkyl halides is 2. The Labute approximate surface area is 89.1 Å². The van der Waals surface area contributed by atoms with Gasteiger partial charge in [0.1, 0.15) is 5.75 Å². The van der Waals surface area contributed by atoms with Gasteiger partial charge in [0.05, 0.1) is 7.11 Å². The zero-order chi connectivity index (χ0) is 11.6. The van der Waals surface area contributed by atoms with Crippen LogP contribution in [0.1, 0.15) is 30.0 Å². The van der Waals surface area contributed by atoms with Crippen molar-refractivity contribution in [3.05, 3.63) is 28.8 Å². The largest absolute Gasteiger partial charge is 0.496 e. The van der Waals surface area contributed by atoms with Gasteiger partial charge in [0, 0.05) is 12.0 Å². The Balaban J connectivity index is 3.26. The maximum Gasteiger partial charge on any atom is 0.273 e. The summed E-state index contributed by atoms with van der Waals surface area (Å²) in [5, 5.41) is 0. The zero-order valence-electron chi connectivity index (χ0n) is 9.53. The van der Waals surface area contributed by atoms with Gasteiger partial charge in [0.25, 0.3) is 5.92 Å². The Hall–Kier alpha value is -1.12. The molecule has 15 heavy (non-hydrogen) atoms. The van der Waals surface area contributed by atoms with E-state index in [4.69, 9.17) is 4.74 Å². The number of rotatable bonds is 3. The number of hydrogen-bond acceptors (Lipinski definition) is 1. The molecule has 1 aromatic carbocycles. The molecule has 0 heterocycles. The summed E-state index contributed by atoms with van der Waals surface area (Å²) in [7, 11) is 1.55. The average molecular weight is 214 g/mol. The standard InChI is InChI=1S/C12H16F2O/c1-5-12(13,14)10-6-8(2)11(15-4)9(3)7-10/h6-7H,5H2,1-4H3. The van der Waals surface area contributed by atoms with Gasteiger partial charge in [-0.3, -0.25) is 0 Å². The molecule has 3 heteroatoms. The molecule has 0 unspecified atom stereocenters. The summed E-state index contributed by atoms with van der Waals surface area (Å²) in [6, 6.07) is 2.99. The van der Waals surface area contributed by atoms with Gasteiger partial charge in [-0.25, -0.2) is 8.78 Å². The lowest BCUT2D eigenvalue weighted by atomic mass is 10.00. The van der Waals surface area contributed by atoms with Crippen LogP contribution in [0.15, 0.2) is 12.1 Å². The van der Waals surface area contributed by atoms with Gasteiger partial charge in [-0.2, -0.15) is 0 Å². The van der Waals surface area contributed by atoms with Gasteiger partial charge < -0.3 is 4.74 Å². The van der Waals surface area contributed by atoms with Crippen molar-refractivity contribution in [2.24, 2.45) is 0 Å². The van der Waals surface area contributed by atoms with Crippen LogP contribution >= 0.6 is 0 Å². The Morgan fingerprint density at radius 1 is 1.20 bits per heavy atom. The first-order valence-electron chi connectivity index (χ1n) is 4.96. The van der Waals surface area contributed by atoms with E-state index in [1.54, 1.807) is 21.0 Å². The molecule has 0 spiro atoms. The lowest BCUT2D eigenvalue weighted by Gasteiger charge is -2.17. The number of benzene rings is 1. The summed E-state index contributed by atoms with van der Waals surface area (Å²) < 4.78 is 32.0. The molecular weight excluding hydrogens is 198 g/mol. The molecule has 84 valence electrons. The summed E-state index contributed by atoms with van der Waals surface area (Å²) in [4.78, 5) is 0. The van der Waals surface area contributed by atoms with Crippen molar-refractivity contribution in [2.75, 3.05) is 7.11 Å². The molecule has 1 aromatic rings. The van der Waals surface area contributed by atoms with Crippen molar-refractivity contribution in [3.63, 3.8) is 0 Å². The predicted molar refractivity (Wildman–Crippen MR) is 56.7 cm³/mol. The Bertz CT molecular complexity index is 336. The van der Waals surface area contributed by atoms with Crippen LogP contribution in [0.4, 0.5) is 8.78 Å². The summed E-state index contributed by atoms with van der Waals surface area (Å²) in [5.41, 5.74) is 1.57. The first-order chi connectivity index (χ1) is 6.92. The number of ether oxygens (including phenoxy) is 1. The third kappa shape index (κ3) is 2.28. The van der Waals surface area contributed by atoms with Gasteiger partial charge >= 0.3 is 0 Å². The van der Waals surface area contributed by atoms with Crippen molar-refractivity contribution in [1.82, 2.24) is 0 Å². The average Bonchev–Trinajstić information content (AvgIpc) is 2.17. The van der Waals surface area contributed by atoms with Gasteiger partial charge in [0.2, 0.25) is 0 Å². The van der Waals surface area contributed by atoms with Crippen LogP contribution in [0.2, 0.25) is 0 Å². The number of methoxy groups -OCH3 is 1. The highest BCUT2D eigenvalue weighted by Gasteiger charge is 2.29. The van der Waals surface area contributed by atoms with Gasteiger partial charge in [-0.1, -0.05) is 6.92 Å².